The van der Waals surface area contributed by atoms with E-state index in [0.717, 1.165) is 23.3 Å². The fourth-order valence-electron chi connectivity index (χ4n) is 4.46. The van der Waals surface area contributed by atoms with Crippen molar-refractivity contribution in [1.82, 2.24) is 4.98 Å². The molecule has 10 heteroatoms. The molecule has 1 unspecified atom stereocenters. The number of anilines is 1. The Morgan fingerprint density at radius 3 is 2.49 bits per heavy atom. The SMILES string of the molecule is C=CCOC(=O)c1sc(N2C(=O)C(=O)/C(=C(/O)c3ccc(OCC)c(C)c3)C2c2ccc(OCCC)cc2)nc1C. The standard InChI is InChI=1S/C31H32N2O7S/c1-6-15-39-22-12-9-20(10-13-22)25-24(26(34)21-11-14-23(38-8-3)18(4)17-21)27(35)29(36)33(25)31-32-19(5)28(41-31)30(37)40-16-7-2/h7,9-14,17,25,34H,2,6,8,15-16H2,1,3-5H3/b26-24+. The van der Waals surface area contributed by atoms with Gasteiger partial charge in [-0.1, -0.05) is 43.0 Å². The predicted octanol–water partition coefficient (Wildman–Crippen LogP) is 5.92. The lowest BCUT2D eigenvalue weighted by Gasteiger charge is -2.23. The molecule has 1 amide bonds. The van der Waals surface area contributed by atoms with Crippen molar-refractivity contribution < 1.29 is 33.7 Å². The van der Waals surface area contributed by atoms with Crippen LogP contribution < -0.4 is 14.4 Å². The normalized spacial score (nSPS) is 16.1. The number of rotatable bonds is 11. The third kappa shape index (κ3) is 6.02. The van der Waals surface area contributed by atoms with Crippen LogP contribution in [-0.4, -0.2) is 47.6 Å². The van der Waals surface area contributed by atoms with Crippen LogP contribution in [0.25, 0.3) is 5.76 Å². The van der Waals surface area contributed by atoms with Crippen molar-refractivity contribution in [3.63, 3.8) is 0 Å². The molecule has 214 valence electrons. The van der Waals surface area contributed by atoms with Gasteiger partial charge in [-0.3, -0.25) is 14.5 Å². The summed E-state index contributed by atoms with van der Waals surface area (Å²) in [6, 6.07) is 11.0. The number of thiazole rings is 1. The Morgan fingerprint density at radius 2 is 1.85 bits per heavy atom. The highest BCUT2D eigenvalue weighted by Gasteiger charge is 2.48. The molecule has 2 heterocycles. The van der Waals surface area contributed by atoms with Crippen LogP contribution in [0.15, 0.2) is 60.7 Å². The summed E-state index contributed by atoms with van der Waals surface area (Å²) < 4.78 is 16.5. The number of aryl methyl sites for hydroxylation is 2. The highest BCUT2D eigenvalue weighted by Crippen LogP contribution is 2.44. The molecule has 1 aromatic heterocycles. The second kappa shape index (κ2) is 12.8. The van der Waals surface area contributed by atoms with Crippen LogP contribution in [-0.2, 0) is 14.3 Å². The van der Waals surface area contributed by atoms with E-state index in [1.807, 2.05) is 20.8 Å². The maximum absolute atomic E-state index is 13.5. The highest BCUT2D eigenvalue weighted by molar-refractivity contribution is 7.17. The lowest BCUT2D eigenvalue weighted by Crippen LogP contribution is -2.29. The maximum Gasteiger partial charge on any atom is 0.350 e. The van der Waals surface area contributed by atoms with Crippen molar-refractivity contribution >= 4 is 39.9 Å². The zero-order valence-electron chi connectivity index (χ0n) is 23.4. The first-order valence-corrected chi connectivity index (χ1v) is 14.1. The molecule has 0 aliphatic carbocycles. The van der Waals surface area contributed by atoms with E-state index in [4.69, 9.17) is 14.2 Å². The van der Waals surface area contributed by atoms with Gasteiger partial charge in [0.1, 0.15) is 28.7 Å². The molecule has 0 bridgehead atoms. The molecule has 1 aliphatic rings. The number of aromatic nitrogens is 1. The summed E-state index contributed by atoms with van der Waals surface area (Å²) >= 11 is 0.941. The van der Waals surface area contributed by atoms with Gasteiger partial charge in [-0.05, 0) is 68.7 Å². The van der Waals surface area contributed by atoms with E-state index < -0.39 is 23.7 Å². The van der Waals surface area contributed by atoms with Crippen LogP contribution in [0.1, 0.15) is 58.4 Å². The average Bonchev–Trinajstić information content (AvgIpc) is 3.47. The van der Waals surface area contributed by atoms with Gasteiger partial charge in [0.15, 0.2) is 5.13 Å². The molecule has 41 heavy (non-hydrogen) atoms. The average molecular weight is 577 g/mol. The zero-order chi connectivity index (χ0) is 29.7. The summed E-state index contributed by atoms with van der Waals surface area (Å²) in [6.45, 7) is 11.9. The molecular formula is C31H32N2O7S. The number of hydrogen-bond donors (Lipinski definition) is 1. The first-order valence-electron chi connectivity index (χ1n) is 13.2. The third-order valence-electron chi connectivity index (χ3n) is 6.37. The second-order valence-electron chi connectivity index (χ2n) is 9.30. The smallest absolute Gasteiger partial charge is 0.350 e. The second-order valence-corrected chi connectivity index (χ2v) is 10.3. The summed E-state index contributed by atoms with van der Waals surface area (Å²) in [6.07, 6.45) is 2.29. The third-order valence-corrected chi connectivity index (χ3v) is 7.51. The quantitative estimate of drug-likeness (QED) is 0.0984. The van der Waals surface area contributed by atoms with Gasteiger partial charge in [0.05, 0.1) is 30.5 Å². The number of aliphatic hydroxyl groups excluding tert-OH is 1. The molecule has 4 rings (SSSR count). The van der Waals surface area contributed by atoms with Crippen LogP contribution in [0.5, 0.6) is 11.5 Å². The summed E-state index contributed by atoms with van der Waals surface area (Å²) in [7, 11) is 0. The first kappa shape index (κ1) is 29.5. The maximum atomic E-state index is 13.5. The van der Waals surface area contributed by atoms with E-state index in [1.165, 1.54) is 11.0 Å². The molecule has 1 saturated heterocycles. The molecule has 3 aromatic rings. The number of carbonyl (C=O) groups is 3. The molecular weight excluding hydrogens is 544 g/mol. The number of Topliss-reactive ketones (excluding diaryl/α,β-unsaturated/α-hetero) is 1. The van der Waals surface area contributed by atoms with Crippen molar-refractivity contribution in [3.05, 3.63) is 88.0 Å². The molecule has 0 spiro atoms. The Hall–Kier alpha value is -4.44. The van der Waals surface area contributed by atoms with Gasteiger partial charge >= 0.3 is 11.9 Å². The van der Waals surface area contributed by atoms with Gasteiger partial charge in [0, 0.05) is 5.56 Å². The molecule has 9 nitrogen and oxygen atoms in total. The van der Waals surface area contributed by atoms with Crippen molar-refractivity contribution in [2.45, 2.75) is 40.2 Å². The molecule has 2 aromatic carbocycles. The van der Waals surface area contributed by atoms with Crippen LogP contribution in [0.3, 0.4) is 0 Å². The van der Waals surface area contributed by atoms with Gasteiger partial charge in [0.2, 0.25) is 0 Å². The van der Waals surface area contributed by atoms with Gasteiger partial charge in [-0.2, -0.15) is 0 Å². The fraction of sp³-hybridized carbons (Fsp3) is 0.290. The summed E-state index contributed by atoms with van der Waals surface area (Å²) in [5.74, 6) is -1.39. The number of ketones is 1. The number of carbonyl (C=O) groups excluding carboxylic acids is 3. The minimum Gasteiger partial charge on any atom is -0.507 e. The van der Waals surface area contributed by atoms with Crippen molar-refractivity contribution in [2.24, 2.45) is 0 Å². The zero-order valence-corrected chi connectivity index (χ0v) is 24.2. The molecule has 0 saturated carbocycles. The lowest BCUT2D eigenvalue weighted by molar-refractivity contribution is -0.132. The number of esters is 1. The van der Waals surface area contributed by atoms with Crippen molar-refractivity contribution in [2.75, 3.05) is 24.7 Å². The molecule has 1 atom stereocenters. The van der Waals surface area contributed by atoms with Gasteiger partial charge in [-0.15, -0.1) is 0 Å². The number of amides is 1. The summed E-state index contributed by atoms with van der Waals surface area (Å²) in [5, 5.41) is 11.6. The largest absolute Gasteiger partial charge is 0.507 e. The Labute approximate surface area is 242 Å². The van der Waals surface area contributed by atoms with Crippen LogP contribution in [0, 0.1) is 13.8 Å². The summed E-state index contributed by atoms with van der Waals surface area (Å²) in [4.78, 5) is 45.5. The Bertz CT molecular complexity index is 1510. The number of benzene rings is 2. The van der Waals surface area contributed by atoms with Crippen molar-refractivity contribution in [3.8, 4) is 11.5 Å². The van der Waals surface area contributed by atoms with E-state index in [-0.39, 0.29) is 27.9 Å². The molecule has 1 N–H and O–H groups in total. The number of aliphatic hydroxyl groups is 1. The summed E-state index contributed by atoms with van der Waals surface area (Å²) in [5.41, 5.74) is 1.94. The number of hydrogen-bond acceptors (Lipinski definition) is 9. The molecule has 1 fully saturated rings. The topological polar surface area (TPSA) is 115 Å². The van der Waals surface area contributed by atoms with Gasteiger partial charge in [-0.25, -0.2) is 9.78 Å². The lowest BCUT2D eigenvalue weighted by atomic mass is 9.95. The Morgan fingerprint density at radius 1 is 1.12 bits per heavy atom. The fourth-order valence-corrected chi connectivity index (χ4v) is 5.44. The minimum absolute atomic E-state index is 0.0178. The van der Waals surface area contributed by atoms with E-state index in [9.17, 15) is 19.5 Å². The van der Waals surface area contributed by atoms with Gasteiger partial charge in [0.25, 0.3) is 5.78 Å². The van der Waals surface area contributed by atoms with E-state index in [1.54, 1.807) is 49.4 Å². The van der Waals surface area contributed by atoms with Crippen LogP contribution in [0.2, 0.25) is 0 Å². The highest BCUT2D eigenvalue weighted by atomic mass is 32.1. The number of nitrogens with zero attached hydrogens (tertiary/aromatic N) is 2. The van der Waals surface area contributed by atoms with Crippen LogP contribution in [0.4, 0.5) is 5.13 Å². The van der Waals surface area contributed by atoms with E-state index >= 15 is 0 Å². The van der Waals surface area contributed by atoms with E-state index in [2.05, 4.69) is 11.6 Å². The molecule has 1 aliphatic heterocycles. The molecule has 0 radical (unpaired) electrons. The first-order chi connectivity index (χ1) is 19.7. The predicted molar refractivity (Wildman–Crippen MR) is 157 cm³/mol. The Kier molecular flexibility index (Phi) is 9.24. The van der Waals surface area contributed by atoms with Gasteiger partial charge < -0.3 is 19.3 Å². The van der Waals surface area contributed by atoms with E-state index in [0.29, 0.717) is 41.5 Å². The monoisotopic (exact) mass is 576 g/mol. The van der Waals surface area contributed by atoms with Crippen molar-refractivity contribution in [1.29, 1.82) is 0 Å². The Balaban J connectivity index is 1.85. The number of ether oxygens (including phenoxy) is 3. The minimum atomic E-state index is -1.01. The van der Waals surface area contributed by atoms with Crippen LogP contribution >= 0.6 is 11.3 Å².